The molecule has 1 fully saturated rings. The number of carbonyl (C=O) groups is 1. The second-order valence-corrected chi connectivity index (χ2v) is 7.44. The Bertz CT molecular complexity index is 952. The Balaban J connectivity index is 1.32. The third kappa shape index (κ3) is 4.08. The van der Waals surface area contributed by atoms with Crippen molar-refractivity contribution in [2.75, 3.05) is 32.7 Å². The molecule has 144 valence electrons. The minimum Gasteiger partial charge on any atom is -0.360 e. The van der Waals surface area contributed by atoms with E-state index in [0.717, 1.165) is 49.2 Å². The zero-order valence-electron chi connectivity index (χ0n) is 16.3. The lowest BCUT2D eigenvalue weighted by Crippen LogP contribution is -2.51. The second-order valence-electron chi connectivity index (χ2n) is 7.44. The number of aromatic nitrogens is 1. The quantitative estimate of drug-likeness (QED) is 0.662. The molecule has 0 amide bonds. The van der Waals surface area contributed by atoms with Crippen LogP contribution in [0.15, 0.2) is 66.9 Å². The van der Waals surface area contributed by atoms with Crippen LogP contribution in [0.4, 0.5) is 0 Å². The smallest absolute Gasteiger partial charge is 0.181 e. The first-order chi connectivity index (χ1) is 13.7. The van der Waals surface area contributed by atoms with E-state index in [1.165, 1.54) is 5.56 Å². The second kappa shape index (κ2) is 8.55. The van der Waals surface area contributed by atoms with Crippen LogP contribution in [0, 0.1) is 0 Å². The van der Waals surface area contributed by atoms with Crippen LogP contribution in [0.2, 0.25) is 0 Å². The molecular formula is C24H27N3O. The molecule has 0 saturated carbocycles. The molecule has 0 spiro atoms. The fourth-order valence-corrected chi connectivity index (χ4v) is 3.90. The molecular weight excluding hydrogens is 346 g/mol. The lowest BCUT2D eigenvalue weighted by Gasteiger charge is -2.37. The van der Waals surface area contributed by atoms with Crippen molar-refractivity contribution in [3.05, 3.63) is 78.0 Å². The number of Topliss-reactive ketones (excluding diaryl/α,β-unsaturated/α-hetero) is 1. The van der Waals surface area contributed by atoms with Gasteiger partial charge in [-0.05, 0) is 18.6 Å². The number of nitrogens with zero attached hydrogens (tertiary/aromatic N) is 2. The van der Waals surface area contributed by atoms with Gasteiger partial charge in [0.1, 0.15) is 0 Å². The summed E-state index contributed by atoms with van der Waals surface area (Å²) in [5, 5.41) is 1.02. The van der Waals surface area contributed by atoms with Gasteiger partial charge in [-0.25, -0.2) is 0 Å². The number of benzene rings is 2. The number of piperazine rings is 1. The van der Waals surface area contributed by atoms with Gasteiger partial charge in [-0.2, -0.15) is 0 Å². The van der Waals surface area contributed by atoms with Crippen molar-refractivity contribution in [3.63, 3.8) is 0 Å². The molecule has 3 aromatic rings. The predicted molar refractivity (Wildman–Crippen MR) is 116 cm³/mol. The molecule has 1 saturated heterocycles. The number of para-hydroxylation sites is 1. The van der Waals surface area contributed by atoms with Gasteiger partial charge in [0.2, 0.25) is 0 Å². The van der Waals surface area contributed by atoms with E-state index in [4.69, 9.17) is 0 Å². The van der Waals surface area contributed by atoms with Crippen LogP contribution in [0.1, 0.15) is 22.8 Å². The summed E-state index contributed by atoms with van der Waals surface area (Å²) in [5.74, 6) is 0.204. The molecule has 4 rings (SSSR count). The number of nitrogens with one attached hydrogen (secondary N) is 1. The van der Waals surface area contributed by atoms with Gasteiger partial charge >= 0.3 is 0 Å². The highest BCUT2D eigenvalue weighted by Crippen LogP contribution is 2.21. The summed E-state index contributed by atoms with van der Waals surface area (Å²) in [7, 11) is 0. The molecule has 1 unspecified atom stereocenters. The van der Waals surface area contributed by atoms with E-state index in [2.05, 4.69) is 51.2 Å². The molecule has 0 aliphatic carbocycles. The normalized spacial score (nSPS) is 17.3. The number of hydrogen-bond acceptors (Lipinski definition) is 3. The summed E-state index contributed by atoms with van der Waals surface area (Å²) in [5.41, 5.74) is 3.06. The molecule has 1 atom stereocenters. The molecule has 1 N–H and O–H groups in total. The Labute approximate surface area is 166 Å². The van der Waals surface area contributed by atoms with Crippen LogP contribution < -0.4 is 0 Å². The van der Waals surface area contributed by atoms with Crippen molar-refractivity contribution in [2.24, 2.45) is 0 Å². The maximum atomic E-state index is 13.0. The van der Waals surface area contributed by atoms with Crippen LogP contribution in [0.3, 0.4) is 0 Å². The van der Waals surface area contributed by atoms with Gasteiger partial charge in [-0.1, -0.05) is 60.7 Å². The van der Waals surface area contributed by atoms with Gasteiger partial charge in [0, 0.05) is 55.4 Å². The van der Waals surface area contributed by atoms with Crippen LogP contribution in [-0.2, 0) is 0 Å². The highest BCUT2D eigenvalue weighted by Gasteiger charge is 2.27. The van der Waals surface area contributed by atoms with Crippen molar-refractivity contribution in [2.45, 2.75) is 13.0 Å². The summed E-state index contributed by atoms with van der Waals surface area (Å²) in [6, 6.07) is 18.3. The lowest BCUT2D eigenvalue weighted by molar-refractivity contribution is 0.0721. The topological polar surface area (TPSA) is 39.3 Å². The summed E-state index contributed by atoms with van der Waals surface area (Å²) < 4.78 is 0. The highest BCUT2D eigenvalue weighted by molar-refractivity contribution is 6.10. The van der Waals surface area contributed by atoms with E-state index < -0.39 is 0 Å². The van der Waals surface area contributed by atoms with Crippen molar-refractivity contribution >= 4 is 22.8 Å². The monoisotopic (exact) mass is 373 g/mol. The van der Waals surface area contributed by atoms with E-state index in [1.54, 1.807) is 0 Å². The molecule has 2 aromatic carbocycles. The number of fused-ring (bicyclic) bond motifs is 1. The molecule has 0 radical (unpaired) electrons. The largest absolute Gasteiger partial charge is 0.360 e. The fourth-order valence-electron chi connectivity index (χ4n) is 3.90. The van der Waals surface area contributed by atoms with Gasteiger partial charge in [0.25, 0.3) is 0 Å². The molecule has 0 bridgehead atoms. The number of hydrogen-bond donors (Lipinski definition) is 1. The van der Waals surface area contributed by atoms with Crippen molar-refractivity contribution in [3.8, 4) is 0 Å². The van der Waals surface area contributed by atoms with Gasteiger partial charge in [-0.15, -0.1) is 0 Å². The van der Waals surface area contributed by atoms with Gasteiger partial charge in [0.05, 0.1) is 6.04 Å². The third-order valence-corrected chi connectivity index (χ3v) is 5.66. The van der Waals surface area contributed by atoms with Crippen LogP contribution in [-0.4, -0.2) is 59.3 Å². The van der Waals surface area contributed by atoms with Crippen molar-refractivity contribution < 1.29 is 4.79 Å². The summed E-state index contributed by atoms with van der Waals surface area (Å²) in [6.45, 7) is 6.82. The number of aromatic amines is 1. The maximum Gasteiger partial charge on any atom is 0.181 e. The van der Waals surface area contributed by atoms with Gasteiger partial charge < -0.3 is 4.98 Å². The van der Waals surface area contributed by atoms with Crippen LogP contribution in [0.25, 0.3) is 17.0 Å². The van der Waals surface area contributed by atoms with Crippen LogP contribution >= 0.6 is 0 Å². The van der Waals surface area contributed by atoms with Crippen molar-refractivity contribution in [1.82, 2.24) is 14.8 Å². The Morgan fingerprint density at radius 1 is 1.04 bits per heavy atom. The Morgan fingerprint density at radius 2 is 1.75 bits per heavy atom. The van der Waals surface area contributed by atoms with E-state index >= 15 is 0 Å². The first-order valence-corrected chi connectivity index (χ1v) is 10.0. The lowest BCUT2D eigenvalue weighted by atomic mass is 10.0. The SMILES string of the molecule is CC(C(=O)c1c[nH]c2ccccc12)N1CCN(C/C=C/c2ccccc2)CC1. The Morgan fingerprint density at radius 3 is 2.54 bits per heavy atom. The van der Waals surface area contributed by atoms with Crippen molar-refractivity contribution in [1.29, 1.82) is 0 Å². The van der Waals surface area contributed by atoms with Gasteiger partial charge in [-0.3, -0.25) is 14.6 Å². The van der Waals surface area contributed by atoms with E-state index in [9.17, 15) is 4.79 Å². The minimum atomic E-state index is -0.0961. The molecule has 4 nitrogen and oxygen atoms in total. The molecule has 1 aliphatic rings. The summed E-state index contributed by atoms with van der Waals surface area (Å²) >= 11 is 0. The number of rotatable bonds is 6. The Kier molecular flexibility index (Phi) is 5.70. The number of H-pyrrole nitrogens is 1. The van der Waals surface area contributed by atoms with Crippen LogP contribution in [0.5, 0.6) is 0 Å². The third-order valence-electron chi connectivity index (χ3n) is 5.66. The molecule has 1 aliphatic heterocycles. The summed E-state index contributed by atoms with van der Waals surface area (Å²) in [4.78, 5) is 21.0. The zero-order chi connectivity index (χ0) is 19.3. The van der Waals surface area contributed by atoms with E-state index in [0.29, 0.717) is 0 Å². The minimum absolute atomic E-state index is 0.0961. The maximum absolute atomic E-state index is 13.0. The fraction of sp³-hybridized carbons (Fsp3) is 0.292. The van der Waals surface area contributed by atoms with Gasteiger partial charge in [0.15, 0.2) is 5.78 Å². The number of carbonyl (C=O) groups excluding carboxylic acids is 1. The zero-order valence-corrected chi connectivity index (χ0v) is 16.3. The van der Waals surface area contributed by atoms with E-state index in [-0.39, 0.29) is 11.8 Å². The molecule has 1 aromatic heterocycles. The average molecular weight is 374 g/mol. The predicted octanol–water partition coefficient (Wildman–Crippen LogP) is 4.07. The standard InChI is InChI=1S/C24H27N3O/c1-19(24(28)22-18-25-23-12-6-5-11-21(22)23)27-16-14-26(15-17-27)13-7-10-20-8-3-2-4-9-20/h2-12,18-19,25H,13-17H2,1H3/b10-7+. The number of ketones is 1. The summed E-state index contributed by atoms with van der Waals surface area (Å²) in [6.07, 6.45) is 6.26. The molecule has 28 heavy (non-hydrogen) atoms. The molecule has 4 heteroatoms. The first-order valence-electron chi connectivity index (χ1n) is 10.0. The first kappa shape index (κ1) is 18.7. The molecule has 2 heterocycles. The average Bonchev–Trinajstić information content (AvgIpc) is 3.18. The van der Waals surface area contributed by atoms with E-state index in [1.807, 2.05) is 43.5 Å². The Hall–Kier alpha value is -2.69. The highest BCUT2D eigenvalue weighted by atomic mass is 16.1.